The molecule has 0 spiro atoms. The van der Waals surface area contributed by atoms with E-state index in [4.69, 9.17) is 0 Å². The van der Waals surface area contributed by atoms with Gasteiger partial charge in [-0.2, -0.15) is 0 Å². The van der Waals surface area contributed by atoms with Crippen LogP contribution in [0.1, 0.15) is 20.8 Å². The second-order valence-corrected chi connectivity index (χ2v) is 19.4. The van der Waals surface area contributed by atoms with Crippen LogP contribution in [0.25, 0.3) is 0 Å². The topological polar surface area (TPSA) is 0 Å². The molecule has 0 atom stereocenters. The van der Waals surface area contributed by atoms with E-state index < -0.39 is 21.8 Å². The van der Waals surface area contributed by atoms with Crippen molar-refractivity contribution in [3.05, 3.63) is 0 Å². The monoisotopic (exact) mass is 314 g/mol. The van der Waals surface area contributed by atoms with Gasteiger partial charge in [0.25, 0.3) is 0 Å². The molecule has 0 heterocycles. The average molecular weight is 313 g/mol. The second kappa shape index (κ2) is 3.80. The molecule has 0 aromatic heterocycles. The fraction of sp³-hybridized carbons (Fsp3) is 1.00. The molecule has 0 aliphatic rings. The van der Waals surface area contributed by atoms with Crippen molar-refractivity contribution in [2.75, 3.05) is 0 Å². The third-order valence-electron chi connectivity index (χ3n) is 1.90. The summed E-state index contributed by atoms with van der Waals surface area (Å²) in [5.41, 5.74) is 0. The van der Waals surface area contributed by atoms with Crippen molar-refractivity contribution < 1.29 is 2.51 Å². The first kappa shape index (κ1) is 8.85. The van der Waals surface area contributed by atoms with E-state index in [1.54, 1.807) is 0 Å². The molecule has 0 aliphatic carbocycles. The van der Waals surface area contributed by atoms with Gasteiger partial charge in [-0.05, 0) is 0 Å². The van der Waals surface area contributed by atoms with Crippen LogP contribution in [0.3, 0.4) is 0 Å². The van der Waals surface area contributed by atoms with E-state index >= 15 is 0 Å². The van der Waals surface area contributed by atoms with E-state index in [1.165, 1.54) is 0 Å². The zero-order valence-electron chi connectivity index (χ0n) is 6.00. The summed E-state index contributed by atoms with van der Waals surface area (Å²) in [7, 11) is 0. The van der Waals surface area contributed by atoms with E-state index in [1.807, 2.05) is 20.8 Å². The van der Waals surface area contributed by atoms with E-state index in [0.717, 1.165) is 11.9 Å². The third-order valence-corrected chi connectivity index (χ3v) is 16.7. The summed E-state index contributed by atoms with van der Waals surface area (Å²) in [4.78, 5) is 0. The molecule has 0 N–H and O–H groups in total. The van der Waals surface area contributed by atoms with E-state index in [-0.39, 0.29) is 0 Å². The third kappa shape index (κ3) is 2.42. The fourth-order valence-corrected chi connectivity index (χ4v) is 6.58. The molecule has 8 heavy (non-hydrogen) atoms. The van der Waals surface area contributed by atoms with E-state index in [2.05, 4.69) is 0 Å². The molecule has 0 rings (SSSR count). The van der Waals surface area contributed by atoms with Gasteiger partial charge in [0.1, 0.15) is 0 Å². The van der Waals surface area contributed by atoms with Crippen LogP contribution < -0.4 is 0 Å². The summed E-state index contributed by atoms with van der Waals surface area (Å²) < 4.78 is 15.8. The van der Waals surface area contributed by atoms with Crippen molar-refractivity contribution in [3.63, 3.8) is 0 Å². The standard InChI is InChI=1S/3C2H5.FH.Pb/c3*1-2;;/h3*1H2,2H3;1H;/q;;;;+1/p-1. The Balaban J connectivity index is 3.58. The molecule has 0 amide bonds. The molecule has 0 aliphatic heterocycles. The van der Waals surface area contributed by atoms with Gasteiger partial charge in [0, 0.05) is 0 Å². The summed E-state index contributed by atoms with van der Waals surface area (Å²) in [6.07, 6.45) is 0. The van der Waals surface area contributed by atoms with Gasteiger partial charge in [0.15, 0.2) is 0 Å². The quantitative estimate of drug-likeness (QED) is 0.703. The van der Waals surface area contributed by atoms with Gasteiger partial charge in [0.05, 0.1) is 0 Å². The van der Waals surface area contributed by atoms with Crippen LogP contribution in [0, 0.1) is 0 Å². The van der Waals surface area contributed by atoms with E-state index in [0.29, 0.717) is 0 Å². The molecule has 0 saturated heterocycles. The normalized spacial score (nSPS) is 12.0. The Morgan fingerprint density at radius 1 is 1.00 bits per heavy atom. The van der Waals surface area contributed by atoms with Crippen molar-refractivity contribution in [3.8, 4) is 0 Å². The molecule has 0 fully saturated rings. The predicted molar refractivity (Wildman–Crippen MR) is 38.3 cm³/mol. The first-order chi connectivity index (χ1) is 3.68. The van der Waals surface area contributed by atoms with E-state index in [9.17, 15) is 2.51 Å². The van der Waals surface area contributed by atoms with Crippen LogP contribution in [0.15, 0.2) is 0 Å². The zero-order chi connectivity index (χ0) is 6.62. The molecular weight excluding hydrogens is 298 g/mol. The first-order valence-electron chi connectivity index (χ1n) is 3.37. The summed E-state index contributed by atoms with van der Waals surface area (Å²) in [6.45, 7) is 5.98. The van der Waals surface area contributed by atoms with Gasteiger partial charge in [-0.15, -0.1) is 0 Å². The Morgan fingerprint density at radius 3 is 1.25 bits per heavy atom. The number of hydrogen-bond donors (Lipinski definition) is 0. The summed E-state index contributed by atoms with van der Waals surface area (Å²) >= 11 is -2.95. The van der Waals surface area contributed by atoms with Crippen LogP contribution >= 0.6 is 0 Å². The van der Waals surface area contributed by atoms with Crippen molar-refractivity contribution in [2.24, 2.45) is 0 Å². The van der Waals surface area contributed by atoms with Crippen molar-refractivity contribution in [1.82, 2.24) is 0 Å². The number of halogens is 1. The molecule has 0 aromatic rings. The van der Waals surface area contributed by atoms with Crippen LogP contribution in [-0.2, 0) is 0 Å². The van der Waals surface area contributed by atoms with Gasteiger partial charge < -0.3 is 0 Å². The Kier molecular flexibility index (Phi) is 4.20. The average Bonchev–Trinajstić information content (AvgIpc) is 1.87. The second-order valence-electron chi connectivity index (χ2n) is 2.21. The molecule has 2 heteroatoms. The van der Waals surface area contributed by atoms with Gasteiger partial charge in [-0.3, -0.25) is 0 Å². The van der Waals surface area contributed by atoms with Gasteiger partial charge in [-0.1, -0.05) is 0 Å². The Bertz CT molecular complexity index is 51.3. The van der Waals surface area contributed by atoms with Crippen LogP contribution in [0.5, 0.6) is 0 Å². The van der Waals surface area contributed by atoms with Crippen LogP contribution in [-0.4, -0.2) is 21.8 Å². The van der Waals surface area contributed by atoms with Crippen molar-refractivity contribution >= 4 is 21.8 Å². The number of rotatable bonds is 3. The Labute approximate surface area is 57.1 Å². The maximum absolute atomic E-state index is 13.2. The van der Waals surface area contributed by atoms with Crippen molar-refractivity contribution in [2.45, 2.75) is 32.7 Å². The summed E-state index contributed by atoms with van der Waals surface area (Å²) in [5.74, 6) is 0. The van der Waals surface area contributed by atoms with Crippen LogP contribution in [0.2, 0.25) is 11.9 Å². The van der Waals surface area contributed by atoms with Gasteiger partial charge in [0.2, 0.25) is 0 Å². The fourth-order valence-electron chi connectivity index (χ4n) is 0.750. The van der Waals surface area contributed by atoms with Gasteiger partial charge in [-0.25, -0.2) is 0 Å². The summed E-state index contributed by atoms with van der Waals surface area (Å²) in [6, 6.07) is 0. The first-order valence-corrected chi connectivity index (χ1v) is 13.1. The SMILES string of the molecule is C[CH2][Pb]([F])([CH2]C)[CH2]C. The molecule has 0 bridgehead atoms. The van der Waals surface area contributed by atoms with Crippen LogP contribution in [0.4, 0.5) is 2.51 Å². The molecule has 0 saturated carbocycles. The number of hydrogen-bond acceptors (Lipinski definition) is 0. The predicted octanol–water partition coefficient (Wildman–Crippen LogP) is 2.96. The Morgan fingerprint density at radius 2 is 1.25 bits per heavy atom. The Hall–Kier alpha value is 0.852. The molecule has 0 unspecified atom stereocenters. The molecular formula is C6H15FPb. The zero-order valence-corrected chi connectivity index (χ0v) is 9.89. The molecule has 50 valence electrons. The maximum atomic E-state index is 13.2. The minimum atomic E-state index is -2.95. The molecule has 0 nitrogen and oxygen atoms in total. The summed E-state index contributed by atoms with van der Waals surface area (Å²) in [5, 5.41) is 0. The minimum absolute atomic E-state index is 0.875. The van der Waals surface area contributed by atoms with Gasteiger partial charge >= 0.3 is 57.0 Å². The molecule has 0 radical (unpaired) electrons. The van der Waals surface area contributed by atoms with Crippen molar-refractivity contribution in [1.29, 1.82) is 0 Å². The molecule has 0 aromatic carbocycles.